The molecule has 0 aliphatic carbocycles. The molecular weight excluding hydrogens is 334 g/mol. The first kappa shape index (κ1) is 17.8. The molecule has 0 spiro atoms. The number of nitrogens with one attached hydrogen (secondary N) is 3. The molecule has 1 heterocycles. The van der Waals surface area contributed by atoms with Crippen LogP contribution in [0.5, 0.6) is 0 Å². The Morgan fingerprint density at radius 2 is 1.83 bits per heavy atom. The smallest absolute Gasteiger partial charge is 0.296 e. The number of aromatic nitrogens is 3. The van der Waals surface area contributed by atoms with Crippen molar-refractivity contribution in [3.05, 3.63) is 23.8 Å². The number of rotatable bonds is 7. The molecule has 0 saturated carbocycles. The van der Waals surface area contributed by atoms with E-state index in [-0.39, 0.29) is 28.4 Å². The highest BCUT2D eigenvalue weighted by molar-refractivity contribution is 7.86. The van der Waals surface area contributed by atoms with E-state index in [1.54, 1.807) is 26.1 Å². The molecule has 0 bridgehead atoms. The molecule has 2 rings (SSSR count). The SMILES string of the molecule is CNc1nc(NCCN)nc(Nc2cc(C)ccc2S(=O)(=O)O)n1. The molecule has 0 unspecified atom stereocenters. The van der Waals surface area contributed by atoms with Crippen LogP contribution in [0.3, 0.4) is 0 Å². The van der Waals surface area contributed by atoms with Crippen molar-refractivity contribution in [3.63, 3.8) is 0 Å². The van der Waals surface area contributed by atoms with Gasteiger partial charge in [-0.2, -0.15) is 23.4 Å². The Morgan fingerprint density at radius 3 is 2.46 bits per heavy atom. The summed E-state index contributed by atoms with van der Waals surface area (Å²) in [5.74, 6) is 0.681. The quantitative estimate of drug-likeness (QED) is 0.446. The first-order valence-electron chi connectivity index (χ1n) is 7.06. The molecular formula is C13H19N7O3S. The van der Waals surface area contributed by atoms with E-state index in [0.717, 1.165) is 5.56 Å². The van der Waals surface area contributed by atoms with E-state index in [4.69, 9.17) is 5.73 Å². The molecule has 1 aromatic heterocycles. The molecule has 2 aromatic rings. The third-order valence-corrected chi connectivity index (χ3v) is 3.86. The summed E-state index contributed by atoms with van der Waals surface area (Å²) in [6.45, 7) is 2.65. The summed E-state index contributed by atoms with van der Waals surface area (Å²) < 4.78 is 32.4. The summed E-state index contributed by atoms with van der Waals surface area (Å²) >= 11 is 0. The van der Waals surface area contributed by atoms with Crippen molar-refractivity contribution in [1.82, 2.24) is 15.0 Å². The summed E-state index contributed by atoms with van der Waals surface area (Å²) in [4.78, 5) is 12.1. The number of aryl methyl sites for hydroxylation is 1. The zero-order valence-electron chi connectivity index (χ0n) is 13.2. The second-order valence-electron chi connectivity index (χ2n) is 4.87. The van der Waals surface area contributed by atoms with Gasteiger partial charge in [0.15, 0.2) is 0 Å². The van der Waals surface area contributed by atoms with Crippen molar-refractivity contribution in [1.29, 1.82) is 0 Å². The van der Waals surface area contributed by atoms with Crippen LogP contribution in [-0.2, 0) is 10.1 Å². The molecule has 130 valence electrons. The Hall–Kier alpha value is -2.50. The molecule has 0 atom stereocenters. The molecule has 24 heavy (non-hydrogen) atoms. The molecule has 0 amide bonds. The van der Waals surface area contributed by atoms with E-state index in [9.17, 15) is 13.0 Å². The van der Waals surface area contributed by atoms with Gasteiger partial charge in [0, 0.05) is 20.1 Å². The molecule has 0 aliphatic heterocycles. The minimum atomic E-state index is -4.39. The van der Waals surface area contributed by atoms with Crippen LogP contribution in [-0.4, -0.2) is 48.1 Å². The van der Waals surface area contributed by atoms with Crippen molar-refractivity contribution >= 4 is 33.7 Å². The van der Waals surface area contributed by atoms with Crippen molar-refractivity contribution in [2.24, 2.45) is 5.73 Å². The van der Waals surface area contributed by atoms with E-state index in [1.807, 2.05) is 0 Å². The number of nitrogens with zero attached hydrogens (tertiary/aromatic N) is 3. The lowest BCUT2D eigenvalue weighted by Gasteiger charge is -2.12. The summed E-state index contributed by atoms with van der Waals surface area (Å²) in [6.07, 6.45) is 0. The van der Waals surface area contributed by atoms with Crippen LogP contribution in [0.4, 0.5) is 23.5 Å². The van der Waals surface area contributed by atoms with Crippen molar-refractivity contribution < 1.29 is 13.0 Å². The minimum Gasteiger partial charge on any atom is -0.357 e. The van der Waals surface area contributed by atoms with Gasteiger partial charge in [0.25, 0.3) is 10.1 Å². The van der Waals surface area contributed by atoms with Crippen LogP contribution < -0.4 is 21.7 Å². The average molecular weight is 353 g/mol. The highest BCUT2D eigenvalue weighted by Crippen LogP contribution is 2.25. The van der Waals surface area contributed by atoms with Gasteiger partial charge >= 0.3 is 0 Å². The van der Waals surface area contributed by atoms with E-state index in [0.29, 0.717) is 13.1 Å². The first-order valence-corrected chi connectivity index (χ1v) is 8.50. The minimum absolute atomic E-state index is 0.115. The van der Waals surface area contributed by atoms with E-state index < -0.39 is 10.1 Å². The monoisotopic (exact) mass is 353 g/mol. The zero-order chi connectivity index (χ0) is 17.7. The van der Waals surface area contributed by atoms with Crippen LogP contribution in [0.1, 0.15) is 5.56 Å². The number of anilines is 4. The normalized spacial score (nSPS) is 11.2. The van der Waals surface area contributed by atoms with E-state index >= 15 is 0 Å². The van der Waals surface area contributed by atoms with Gasteiger partial charge in [0.2, 0.25) is 17.8 Å². The summed E-state index contributed by atoms with van der Waals surface area (Å²) in [5, 5.41) is 8.50. The van der Waals surface area contributed by atoms with Crippen LogP contribution in [0.15, 0.2) is 23.1 Å². The van der Waals surface area contributed by atoms with Gasteiger partial charge in [0.1, 0.15) is 4.90 Å². The van der Waals surface area contributed by atoms with Crippen LogP contribution in [0.25, 0.3) is 0 Å². The van der Waals surface area contributed by atoms with E-state index in [1.165, 1.54) is 6.07 Å². The maximum Gasteiger partial charge on any atom is 0.296 e. The van der Waals surface area contributed by atoms with Crippen molar-refractivity contribution in [2.75, 3.05) is 36.1 Å². The number of hydrogen-bond acceptors (Lipinski definition) is 9. The fraction of sp³-hybridized carbons (Fsp3) is 0.308. The molecule has 0 aliphatic rings. The fourth-order valence-electron chi connectivity index (χ4n) is 1.89. The second-order valence-corrected chi connectivity index (χ2v) is 6.26. The predicted molar refractivity (Wildman–Crippen MR) is 91.2 cm³/mol. The topological polar surface area (TPSA) is 155 Å². The van der Waals surface area contributed by atoms with Gasteiger partial charge < -0.3 is 21.7 Å². The van der Waals surface area contributed by atoms with Crippen LogP contribution in [0.2, 0.25) is 0 Å². The summed E-state index contributed by atoms with van der Waals surface area (Å²) in [6, 6.07) is 4.45. The number of benzene rings is 1. The largest absolute Gasteiger partial charge is 0.357 e. The molecule has 0 fully saturated rings. The molecule has 11 heteroatoms. The average Bonchev–Trinajstić information content (AvgIpc) is 2.51. The maximum atomic E-state index is 11.5. The van der Waals surface area contributed by atoms with Gasteiger partial charge in [-0.15, -0.1) is 0 Å². The Kier molecular flexibility index (Phi) is 5.49. The highest BCUT2D eigenvalue weighted by Gasteiger charge is 2.17. The van der Waals surface area contributed by atoms with Gasteiger partial charge in [-0.3, -0.25) is 4.55 Å². The standard InChI is InChI=1S/C13H19N7O3S/c1-8-3-4-10(24(21,22)23)9(7-8)17-13-19-11(15-2)18-12(20-13)16-6-5-14/h3-4,7H,5-6,14H2,1-2H3,(H,21,22,23)(H3,15,16,17,18,19,20). The maximum absolute atomic E-state index is 11.5. The Morgan fingerprint density at radius 1 is 1.17 bits per heavy atom. The summed E-state index contributed by atoms with van der Waals surface area (Å²) in [7, 11) is -2.75. The highest BCUT2D eigenvalue weighted by atomic mass is 32.2. The third kappa shape index (κ3) is 4.50. The van der Waals surface area contributed by atoms with Crippen molar-refractivity contribution in [2.45, 2.75) is 11.8 Å². The Labute approximate surface area is 139 Å². The summed E-state index contributed by atoms with van der Waals surface area (Å²) in [5.41, 5.74) is 6.40. The van der Waals surface area contributed by atoms with Crippen LogP contribution in [0, 0.1) is 6.92 Å². The first-order chi connectivity index (χ1) is 11.3. The second kappa shape index (κ2) is 7.38. The number of hydrogen-bond donors (Lipinski definition) is 5. The van der Waals surface area contributed by atoms with Gasteiger partial charge in [-0.1, -0.05) is 6.07 Å². The Balaban J connectivity index is 2.42. The van der Waals surface area contributed by atoms with Gasteiger partial charge in [0.05, 0.1) is 5.69 Å². The molecule has 0 radical (unpaired) electrons. The fourth-order valence-corrected chi connectivity index (χ4v) is 2.52. The van der Waals surface area contributed by atoms with Crippen LogP contribution >= 0.6 is 0 Å². The lowest BCUT2D eigenvalue weighted by Crippen LogP contribution is -2.16. The van der Waals surface area contributed by atoms with Gasteiger partial charge in [-0.25, -0.2) is 0 Å². The van der Waals surface area contributed by atoms with Crippen molar-refractivity contribution in [3.8, 4) is 0 Å². The van der Waals surface area contributed by atoms with Gasteiger partial charge in [-0.05, 0) is 24.6 Å². The third-order valence-electron chi connectivity index (χ3n) is 2.95. The number of nitrogens with two attached hydrogens (primary N) is 1. The zero-order valence-corrected chi connectivity index (χ0v) is 14.1. The molecule has 0 saturated heterocycles. The molecule has 10 nitrogen and oxygen atoms in total. The predicted octanol–water partition coefficient (Wildman–Crippen LogP) is 0.583. The molecule has 6 N–H and O–H groups in total. The van der Waals surface area contributed by atoms with E-state index in [2.05, 4.69) is 30.9 Å². The molecule has 1 aromatic carbocycles. The lowest BCUT2D eigenvalue weighted by atomic mass is 10.2. The lowest BCUT2D eigenvalue weighted by molar-refractivity contribution is 0.483. The Bertz CT molecular complexity index is 826.